The summed E-state index contributed by atoms with van der Waals surface area (Å²) in [5.41, 5.74) is 2.04. The lowest BCUT2D eigenvalue weighted by molar-refractivity contribution is -0.380. The zero-order chi connectivity index (χ0) is 10.8. The second kappa shape index (κ2) is 3.78. The van der Waals surface area contributed by atoms with Gasteiger partial charge in [0.05, 0.1) is 4.92 Å². The number of nitro groups is 1. The third-order valence-electron chi connectivity index (χ3n) is 1.94. The fourth-order valence-corrected chi connectivity index (χ4v) is 1.99. The zero-order valence-electron chi connectivity index (χ0n) is 8.01. The molecule has 0 saturated heterocycles. The first kappa shape index (κ1) is 9.79. The van der Waals surface area contributed by atoms with E-state index in [4.69, 9.17) is 0 Å². The van der Waals surface area contributed by atoms with E-state index in [2.05, 4.69) is 4.98 Å². The standard InChI is InChI=1S/C10H8N2O2S/c1-7-3-2-4-8(5-7)10-11-6-9(15-10)12(13)14/h2-6H,1H3. The van der Waals surface area contributed by atoms with Crippen molar-refractivity contribution in [2.24, 2.45) is 0 Å². The van der Waals surface area contributed by atoms with Crippen molar-refractivity contribution in [3.8, 4) is 10.6 Å². The van der Waals surface area contributed by atoms with E-state index in [1.54, 1.807) is 0 Å². The van der Waals surface area contributed by atoms with Crippen molar-refractivity contribution in [3.05, 3.63) is 46.1 Å². The van der Waals surface area contributed by atoms with Crippen molar-refractivity contribution in [1.29, 1.82) is 0 Å². The van der Waals surface area contributed by atoms with E-state index in [0.717, 1.165) is 22.5 Å². The van der Waals surface area contributed by atoms with Crippen molar-refractivity contribution in [3.63, 3.8) is 0 Å². The van der Waals surface area contributed by atoms with E-state index in [0.29, 0.717) is 5.01 Å². The highest BCUT2D eigenvalue weighted by atomic mass is 32.1. The molecular weight excluding hydrogens is 212 g/mol. The molecule has 0 aliphatic carbocycles. The molecule has 0 aliphatic rings. The SMILES string of the molecule is Cc1cccc(-c2ncc([N+](=O)[O-])s2)c1. The first-order chi connectivity index (χ1) is 7.16. The molecule has 15 heavy (non-hydrogen) atoms. The number of hydrogen-bond acceptors (Lipinski definition) is 4. The molecular formula is C10H8N2O2S. The van der Waals surface area contributed by atoms with Gasteiger partial charge in [0.2, 0.25) is 0 Å². The number of rotatable bonds is 2. The van der Waals surface area contributed by atoms with Gasteiger partial charge in [-0.2, -0.15) is 0 Å². The van der Waals surface area contributed by atoms with Crippen LogP contribution in [0.2, 0.25) is 0 Å². The van der Waals surface area contributed by atoms with Gasteiger partial charge >= 0.3 is 5.00 Å². The van der Waals surface area contributed by atoms with E-state index >= 15 is 0 Å². The van der Waals surface area contributed by atoms with Gasteiger partial charge in [0, 0.05) is 5.56 Å². The molecule has 4 nitrogen and oxygen atoms in total. The molecule has 0 aliphatic heterocycles. The monoisotopic (exact) mass is 220 g/mol. The maximum atomic E-state index is 10.5. The normalized spacial score (nSPS) is 10.2. The summed E-state index contributed by atoms with van der Waals surface area (Å²) in [5.74, 6) is 0. The molecule has 0 spiro atoms. The lowest BCUT2D eigenvalue weighted by Gasteiger charge is -1.96. The van der Waals surface area contributed by atoms with Crippen molar-refractivity contribution in [1.82, 2.24) is 4.98 Å². The summed E-state index contributed by atoms with van der Waals surface area (Å²) in [6, 6.07) is 7.75. The van der Waals surface area contributed by atoms with Gasteiger partial charge in [-0.3, -0.25) is 10.1 Å². The van der Waals surface area contributed by atoms with Gasteiger partial charge in [-0.25, -0.2) is 4.98 Å². The molecule has 1 aromatic heterocycles. The Kier molecular flexibility index (Phi) is 2.47. The largest absolute Gasteiger partial charge is 0.344 e. The van der Waals surface area contributed by atoms with Crippen LogP contribution in [0.3, 0.4) is 0 Å². The highest BCUT2D eigenvalue weighted by molar-refractivity contribution is 7.18. The summed E-state index contributed by atoms with van der Waals surface area (Å²) in [5, 5.41) is 11.2. The summed E-state index contributed by atoms with van der Waals surface area (Å²) in [6.45, 7) is 1.98. The van der Waals surface area contributed by atoms with Crippen LogP contribution in [0.15, 0.2) is 30.5 Å². The minimum absolute atomic E-state index is 0.0755. The number of aromatic nitrogens is 1. The quantitative estimate of drug-likeness (QED) is 0.577. The lowest BCUT2D eigenvalue weighted by atomic mass is 10.1. The Bertz CT molecular complexity index is 508. The third-order valence-corrected chi connectivity index (χ3v) is 2.94. The topological polar surface area (TPSA) is 56.0 Å². The van der Waals surface area contributed by atoms with Gasteiger partial charge < -0.3 is 0 Å². The molecule has 5 heteroatoms. The molecule has 0 unspecified atom stereocenters. The van der Waals surface area contributed by atoms with Crippen LogP contribution in [0.25, 0.3) is 10.6 Å². The molecule has 0 N–H and O–H groups in total. The Hall–Kier alpha value is -1.75. The van der Waals surface area contributed by atoms with Gasteiger partial charge in [-0.15, -0.1) is 0 Å². The predicted molar refractivity (Wildman–Crippen MR) is 58.9 cm³/mol. The minimum atomic E-state index is -0.420. The summed E-state index contributed by atoms with van der Waals surface area (Å²) in [4.78, 5) is 14.1. The number of nitrogens with zero attached hydrogens (tertiary/aromatic N) is 2. The lowest BCUT2D eigenvalue weighted by Crippen LogP contribution is -1.80. The average Bonchev–Trinajstić information content (AvgIpc) is 2.66. The Labute approximate surface area is 90.4 Å². The van der Waals surface area contributed by atoms with Gasteiger partial charge in [-0.1, -0.05) is 23.8 Å². The average molecular weight is 220 g/mol. The Morgan fingerprint density at radius 3 is 2.87 bits per heavy atom. The first-order valence-electron chi connectivity index (χ1n) is 4.34. The van der Waals surface area contributed by atoms with E-state index < -0.39 is 4.92 Å². The maximum Gasteiger partial charge on any atom is 0.344 e. The Morgan fingerprint density at radius 2 is 2.27 bits per heavy atom. The van der Waals surface area contributed by atoms with Crippen LogP contribution >= 0.6 is 11.3 Å². The van der Waals surface area contributed by atoms with Crippen molar-refractivity contribution in [2.75, 3.05) is 0 Å². The summed E-state index contributed by atoms with van der Waals surface area (Å²) in [7, 11) is 0. The van der Waals surface area contributed by atoms with E-state index in [9.17, 15) is 10.1 Å². The molecule has 2 aromatic rings. The molecule has 0 saturated carbocycles. The zero-order valence-corrected chi connectivity index (χ0v) is 8.82. The van der Waals surface area contributed by atoms with Crippen LogP contribution in [0.4, 0.5) is 5.00 Å². The van der Waals surface area contributed by atoms with Crippen LogP contribution in [0.5, 0.6) is 0 Å². The van der Waals surface area contributed by atoms with Crippen molar-refractivity contribution in [2.45, 2.75) is 6.92 Å². The second-order valence-electron chi connectivity index (χ2n) is 3.13. The fourth-order valence-electron chi connectivity index (χ4n) is 1.26. The molecule has 0 atom stereocenters. The van der Waals surface area contributed by atoms with Gasteiger partial charge in [0.1, 0.15) is 11.2 Å². The summed E-state index contributed by atoms with van der Waals surface area (Å²) >= 11 is 1.09. The van der Waals surface area contributed by atoms with Crippen LogP contribution in [0.1, 0.15) is 5.56 Å². The molecule has 2 rings (SSSR count). The third kappa shape index (κ3) is 2.02. The molecule has 0 radical (unpaired) electrons. The smallest absolute Gasteiger partial charge is 0.257 e. The van der Waals surface area contributed by atoms with E-state index in [1.807, 2.05) is 31.2 Å². The minimum Gasteiger partial charge on any atom is -0.257 e. The number of thiazole rings is 1. The molecule has 76 valence electrons. The number of hydrogen-bond donors (Lipinski definition) is 0. The predicted octanol–water partition coefficient (Wildman–Crippen LogP) is 3.03. The molecule has 0 fully saturated rings. The molecule has 0 amide bonds. The highest BCUT2D eigenvalue weighted by Gasteiger charge is 2.12. The maximum absolute atomic E-state index is 10.5. The summed E-state index contributed by atoms with van der Waals surface area (Å²) < 4.78 is 0. The Morgan fingerprint density at radius 1 is 1.47 bits per heavy atom. The van der Waals surface area contributed by atoms with Gasteiger partial charge in [-0.05, 0) is 24.3 Å². The fraction of sp³-hybridized carbons (Fsp3) is 0.100. The van der Waals surface area contributed by atoms with Gasteiger partial charge in [0.25, 0.3) is 0 Å². The van der Waals surface area contributed by atoms with Crippen LogP contribution in [0, 0.1) is 17.0 Å². The second-order valence-corrected chi connectivity index (χ2v) is 4.14. The Balaban J connectivity index is 2.41. The van der Waals surface area contributed by atoms with Gasteiger partial charge in [0.15, 0.2) is 0 Å². The molecule has 1 aromatic carbocycles. The molecule has 1 heterocycles. The van der Waals surface area contributed by atoms with Crippen LogP contribution in [-0.4, -0.2) is 9.91 Å². The highest BCUT2D eigenvalue weighted by Crippen LogP contribution is 2.29. The molecule has 0 bridgehead atoms. The van der Waals surface area contributed by atoms with Crippen molar-refractivity contribution >= 4 is 16.3 Å². The number of aryl methyl sites for hydroxylation is 1. The number of benzene rings is 1. The summed E-state index contributed by atoms with van der Waals surface area (Å²) in [6.07, 6.45) is 1.29. The first-order valence-corrected chi connectivity index (χ1v) is 5.16. The van der Waals surface area contributed by atoms with E-state index in [1.165, 1.54) is 6.20 Å². The van der Waals surface area contributed by atoms with Crippen molar-refractivity contribution < 1.29 is 4.92 Å². The van der Waals surface area contributed by atoms with E-state index in [-0.39, 0.29) is 5.00 Å². The van der Waals surface area contributed by atoms with Crippen LogP contribution in [-0.2, 0) is 0 Å². The van der Waals surface area contributed by atoms with Crippen LogP contribution < -0.4 is 0 Å².